The van der Waals surface area contributed by atoms with Gasteiger partial charge in [0, 0.05) is 18.7 Å². The highest BCUT2D eigenvalue weighted by Crippen LogP contribution is 2.24. The lowest BCUT2D eigenvalue weighted by Crippen LogP contribution is -2.28. The van der Waals surface area contributed by atoms with Crippen LogP contribution in [0.2, 0.25) is 0 Å². The second-order valence-electron chi connectivity index (χ2n) is 5.27. The van der Waals surface area contributed by atoms with Crippen molar-refractivity contribution in [1.82, 2.24) is 10.6 Å². The van der Waals surface area contributed by atoms with E-state index in [1.165, 1.54) is 0 Å². The summed E-state index contributed by atoms with van der Waals surface area (Å²) in [7, 11) is 0. The molecule has 1 aromatic carbocycles. The molecule has 1 aliphatic heterocycles. The zero-order chi connectivity index (χ0) is 16.8. The van der Waals surface area contributed by atoms with Gasteiger partial charge in [0.1, 0.15) is 0 Å². The van der Waals surface area contributed by atoms with E-state index in [0.717, 1.165) is 5.56 Å². The molecule has 23 heavy (non-hydrogen) atoms. The summed E-state index contributed by atoms with van der Waals surface area (Å²) in [5, 5.41) is 5.36. The number of imide groups is 1. The van der Waals surface area contributed by atoms with E-state index in [2.05, 4.69) is 10.6 Å². The SMILES string of the molecule is CCOC(=O)C(=C(C)NCc1ccccc1)C1CC(=O)NC1=O. The van der Waals surface area contributed by atoms with Crippen molar-refractivity contribution in [2.24, 2.45) is 5.92 Å². The Morgan fingerprint density at radius 1 is 1.30 bits per heavy atom. The minimum atomic E-state index is -0.801. The van der Waals surface area contributed by atoms with Crippen molar-refractivity contribution in [3.05, 3.63) is 47.2 Å². The average Bonchev–Trinajstić information content (AvgIpc) is 2.85. The Kier molecular flexibility index (Phi) is 5.51. The molecular formula is C17H20N2O4. The van der Waals surface area contributed by atoms with Gasteiger partial charge in [0.15, 0.2) is 0 Å². The van der Waals surface area contributed by atoms with Gasteiger partial charge in [-0.1, -0.05) is 30.3 Å². The van der Waals surface area contributed by atoms with E-state index >= 15 is 0 Å². The Hall–Kier alpha value is -2.63. The van der Waals surface area contributed by atoms with Gasteiger partial charge in [-0.25, -0.2) is 4.79 Å². The maximum atomic E-state index is 12.2. The van der Waals surface area contributed by atoms with E-state index in [0.29, 0.717) is 12.2 Å². The zero-order valence-electron chi connectivity index (χ0n) is 13.2. The summed E-state index contributed by atoms with van der Waals surface area (Å²) >= 11 is 0. The molecule has 0 radical (unpaired) electrons. The Morgan fingerprint density at radius 3 is 2.57 bits per heavy atom. The minimum Gasteiger partial charge on any atom is -0.463 e. The van der Waals surface area contributed by atoms with Crippen LogP contribution < -0.4 is 10.6 Å². The number of carbonyl (C=O) groups excluding carboxylic acids is 3. The van der Waals surface area contributed by atoms with Gasteiger partial charge in [-0.15, -0.1) is 0 Å². The highest BCUT2D eigenvalue weighted by molar-refractivity contribution is 6.09. The van der Waals surface area contributed by atoms with Crippen LogP contribution >= 0.6 is 0 Å². The number of benzene rings is 1. The van der Waals surface area contributed by atoms with Gasteiger partial charge in [-0.3, -0.25) is 14.9 Å². The number of hydrogen-bond donors (Lipinski definition) is 2. The minimum absolute atomic E-state index is 0.0304. The fraction of sp³-hybridized carbons (Fsp3) is 0.353. The lowest BCUT2D eigenvalue weighted by Gasteiger charge is -2.16. The third kappa shape index (κ3) is 4.18. The van der Waals surface area contributed by atoms with Gasteiger partial charge < -0.3 is 10.1 Å². The van der Waals surface area contributed by atoms with Crippen molar-refractivity contribution < 1.29 is 19.1 Å². The number of esters is 1. The third-order valence-electron chi connectivity index (χ3n) is 3.62. The van der Waals surface area contributed by atoms with E-state index in [-0.39, 0.29) is 24.5 Å². The van der Waals surface area contributed by atoms with E-state index < -0.39 is 17.8 Å². The van der Waals surface area contributed by atoms with Gasteiger partial charge in [0.25, 0.3) is 0 Å². The van der Waals surface area contributed by atoms with Crippen molar-refractivity contribution in [2.75, 3.05) is 6.61 Å². The summed E-state index contributed by atoms with van der Waals surface area (Å²) in [6.45, 7) is 4.13. The molecule has 0 aromatic heterocycles. The molecule has 1 heterocycles. The lowest BCUT2D eigenvalue weighted by molar-refractivity contribution is -0.140. The molecule has 2 amide bonds. The molecule has 0 spiro atoms. The molecule has 2 N–H and O–H groups in total. The molecule has 1 fully saturated rings. The molecule has 1 unspecified atom stereocenters. The van der Waals surface area contributed by atoms with E-state index in [4.69, 9.17) is 4.74 Å². The largest absolute Gasteiger partial charge is 0.463 e. The molecule has 1 aromatic rings. The van der Waals surface area contributed by atoms with Crippen LogP contribution in [0.4, 0.5) is 0 Å². The van der Waals surface area contributed by atoms with Gasteiger partial charge in [-0.2, -0.15) is 0 Å². The van der Waals surface area contributed by atoms with Gasteiger partial charge in [-0.05, 0) is 19.4 Å². The van der Waals surface area contributed by atoms with E-state index in [1.807, 2.05) is 30.3 Å². The molecule has 0 aliphatic carbocycles. The van der Waals surface area contributed by atoms with Crippen LogP contribution in [-0.4, -0.2) is 24.4 Å². The predicted molar refractivity (Wildman–Crippen MR) is 83.9 cm³/mol. The summed E-state index contributed by atoms with van der Waals surface area (Å²) in [5.74, 6) is -2.21. The normalized spacial score (nSPS) is 18.3. The van der Waals surface area contributed by atoms with Gasteiger partial charge in [0.2, 0.25) is 11.8 Å². The standard InChI is InChI=1S/C17H20N2O4/c1-3-23-17(22)15(13-9-14(20)19-16(13)21)11(2)18-10-12-7-5-4-6-8-12/h4-8,13,18H,3,9-10H2,1-2H3,(H,19,20,21). The first-order chi connectivity index (χ1) is 11.0. The van der Waals surface area contributed by atoms with Crippen LogP contribution in [0.3, 0.4) is 0 Å². The van der Waals surface area contributed by atoms with E-state index in [9.17, 15) is 14.4 Å². The summed E-state index contributed by atoms with van der Waals surface area (Å²) < 4.78 is 5.05. The molecule has 1 atom stereocenters. The number of carbonyl (C=O) groups is 3. The number of nitrogens with one attached hydrogen (secondary N) is 2. The van der Waals surface area contributed by atoms with Crippen LogP contribution in [0.25, 0.3) is 0 Å². The van der Waals surface area contributed by atoms with Crippen LogP contribution in [0.1, 0.15) is 25.8 Å². The van der Waals surface area contributed by atoms with Crippen LogP contribution in [0, 0.1) is 5.92 Å². The second kappa shape index (κ2) is 7.58. The summed E-state index contributed by atoms with van der Waals surface area (Å²) in [5.41, 5.74) is 1.80. The van der Waals surface area contributed by atoms with Crippen molar-refractivity contribution in [2.45, 2.75) is 26.8 Å². The first kappa shape index (κ1) is 16.7. The van der Waals surface area contributed by atoms with E-state index in [1.54, 1.807) is 13.8 Å². The molecular weight excluding hydrogens is 296 g/mol. The lowest BCUT2D eigenvalue weighted by atomic mass is 9.95. The summed E-state index contributed by atoms with van der Waals surface area (Å²) in [6, 6.07) is 9.67. The Morgan fingerprint density at radius 2 is 2.00 bits per heavy atom. The Labute approximate surface area is 134 Å². The number of rotatable bonds is 6. The third-order valence-corrected chi connectivity index (χ3v) is 3.62. The summed E-state index contributed by atoms with van der Waals surface area (Å²) in [4.78, 5) is 35.6. The summed E-state index contributed by atoms with van der Waals surface area (Å²) in [6.07, 6.45) is -0.0304. The molecule has 2 rings (SSSR count). The predicted octanol–water partition coefficient (Wildman–Crippen LogP) is 1.28. The fourth-order valence-electron chi connectivity index (χ4n) is 2.48. The Bertz CT molecular complexity index is 637. The quantitative estimate of drug-likeness (QED) is 0.469. The van der Waals surface area contributed by atoms with Gasteiger partial charge in [0.05, 0.1) is 18.1 Å². The second-order valence-corrected chi connectivity index (χ2v) is 5.27. The van der Waals surface area contributed by atoms with Gasteiger partial charge >= 0.3 is 5.97 Å². The van der Waals surface area contributed by atoms with Crippen molar-refractivity contribution in [3.8, 4) is 0 Å². The van der Waals surface area contributed by atoms with Crippen molar-refractivity contribution in [3.63, 3.8) is 0 Å². The molecule has 6 heteroatoms. The number of ether oxygens (including phenoxy) is 1. The first-order valence-corrected chi connectivity index (χ1v) is 7.52. The topological polar surface area (TPSA) is 84.5 Å². The number of amides is 2. The smallest absolute Gasteiger partial charge is 0.336 e. The van der Waals surface area contributed by atoms with Crippen LogP contribution in [0.15, 0.2) is 41.6 Å². The number of hydrogen-bond acceptors (Lipinski definition) is 5. The number of allylic oxidation sites excluding steroid dienone is 1. The van der Waals surface area contributed by atoms with Crippen LogP contribution in [-0.2, 0) is 25.7 Å². The molecule has 1 saturated heterocycles. The molecule has 0 bridgehead atoms. The molecule has 122 valence electrons. The molecule has 1 aliphatic rings. The van der Waals surface area contributed by atoms with Crippen molar-refractivity contribution >= 4 is 17.8 Å². The fourth-order valence-corrected chi connectivity index (χ4v) is 2.48. The Balaban J connectivity index is 2.22. The zero-order valence-corrected chi connectivity index (χ0v) is 13.2. The average molecular weight is 316 g/mol. The monoisotopic (exact) mass is 316 g/mol. The molecule has 0 saturated carbocycles. The maximum absolute atomic E-state index is 12.2. The maximum Gasteiger partial charge on any atom is 0.336 e. The van der Waals surface area contributed by atoms with Crippen molar-refractivity contribution in [1.29, 1.82) is 0 Å². The first-order valence-electron chi connectivity index (χ1n) is 7.52. The highest BCUT2D eigenvalue weighted by atomic mass is 16.5. The molecule has 6 nitrogen and oxygen atoms in total. The van der Waals surface area contributed by atoms with Crippen LogP contribution in [0.5, 0.6) is 0 Å². The highest BCUT2D eigenvalue weighted by Gasteiger charge is 2.38.